The average molecular weight is 385 g/mol. The second-order valence-corrected chi connectivity index (χ2v) is 6.80. The third kappa shape index (κ3) is 4.27. The Hall–Kier alpha value is -3.67. The SMILES string of the molecule is CCc1c(C(=O)NCc2ccc(-n3cccn3)cc2)cnn1Cc1ccccc1. The van der Waals surface area contributed by atoms with Crippen molar-refractivity contribution in [3.8, 4) is 5.69 Å². The smallest absolute Gasteiger partial charge is 0.255 e. The van der Waals surface area contributed by atoms with Gasteiger partial charge in [-0.2, -0.15) is 10.2 Å². The minimum atomic E-state index is -0.0997. The minimum Gasteiger partial charge on any atom is -0.348 e. The molecule has 0 aliphatic heterocycles. The molecule has 4 rings (SSSR count). The second kappa shape index (κ2) is 8.56. The topological polar surface area (TPSA) is 64.7 Å². The number of rotatable bonds is 7. The van der Waals surface area contributed by atoms with Crippen molar-refractivity contribution in [3.05, 3.63) is 102 Å². The maximum Gasteiger partial charge on any atom is 0.255 e. The summed E-state index contributed by atoms with van der Waals surface area (Å²) < 4.78 is 3.71. The fraction of sp³-hybridized carbons (Fsp3) is 0.174. The number of carbonyl (C=O) groups is 1. The van der Waals surface area contributed by atoms with Gasteiger partial charge in [0.1, 0.15) is 0 Å². The lowest BCUT2D eigenvalue weighted by Crippen LogP contribution is -2.24. The monoisotopic (exact) mass is 385 g/mol. The van der Waals surface area contributed by atoms with Gasteiger partial charge in [-0.3, -0.25) is 9.48 Å². The Morgan fingerprint density at radius 1 is 0.966 bits per heavy atom. The molecule has 0 bridgehead atoms. The summed E-state index contributed by atoms with van der Waals surface area (Å²) in [7, 11) is 0. The van der Waals surface area contributed by atoms with Crippen molar-refractivity contribution < 1.29 is 4.79 Å². The fourth-order valence-corrected chi connectivity index (χ4v) is 3.33. The van der Waals surface area contributed by atoms with E-state index in [1.807, 2.05) is 66.3 Å². The molecule has 1 N–H and O–H groups in total. The molecule has 0 fully saturated rings. The van der Waals surface area contributed by atoms with Gasteiger partial charge < -0.3 is 5.32 Å². The van der Waals surface area contributed by atoms with E-state index in [-0.39, 0.29) is 5.91 Å². The number of nitrogens with one attached hydrogen (secondary N) is 1. The first-order valence-corrected chi connectivity index (χ1v) is 9.70. The lowest BCUT2D eigenvalue weighted by Gasteiger charge is -2.09. The van der Waals surface area contributed by atoms with Crippen LogP contribution >= 0.6 is 0 Å². The van der Waals surface area contributed by atoms with Crippen molar-refractivity contribution in [1.82, 2.24) is 24.9 Å². The van der Waals surface area contributed by atoms with Gasteiger partial charge in [-0.1, -0.05) is 49.4 Å². The van der Waals surface area contributed by atoms with E-state index in [0.717, 1.165) is 28.9 Å². The molecule has 29 heavy (non-hydrogen) atoms. The van der Waals surface area contributed by atoms with Gasteiger partial charge in [-0.25, -0.2) is 4.68 Å². The van der Waals surface area contributed by atoms with Gasteiger partial charge in [0.25, 0.3) is 5.91 Å². The van der Waals surface area contributed by atoms with Gasteiger partial charge in [-0.05, 0) is 35.7 Å². The predicted molar refractivity (Wildman–Crippen MR) is 112 cm³/mol. The lowest BCUT2D eigenvalue weighted by molar-refractivity contribution is 0.0950. The quantitative estimate of drug-likeness (QED) is 0.529. The lowest BCUT2D eigenvalue weighted by atomic mass is 10.1. The third-order valence-electron chi connectivity index (χ3n) is 4.86. The van der Waals surface area contributed by atoms with Crippen molar-refractivity contribution in [2.24, 2.45) is 0 Å². The van der Waals surface area contributed by atoms with E-state index in [0.29, 0.717) is 18.7 Å². The van der Waals surface area contributed by atoms with Gasteiger partial charge in [0.2, 0.25) is 0 Å². The van der Waals surface area contributed by atoms with Crippen LogP contribution in [0.1, 0.15) is 34.1 Å². The van der Waals surface area contributed by atoms with Crippen LogP contribution in [0.3, 0.4) is 0 Å². The fourth-order valence-electron chi connectivity index (χ4n) is 3.33. The standard InChI is InChI=1S/C23H23N5O/c1-2-22-21(16-26-28(22)17-19-7-4-3-5-8-19)23(29)24-15-18-9-11-20(12-10-18)27-14-6-13-25-27/h3-14,16H,2,15,17H2,1H3,(H,24,29). The van der Waals surface area contributed by atoms with Crippen LogP contribution in [0, 0.1) is 0 Å². The van der Waals surface area contributed by atoms with Crippen LogP contribution in [0.2, 0.25) is 0 Å². The summed E-state index contributed by atoms with van der Waals surface area (Å²) in [5.74, 6) is -0.0997. The van der Waals surface area contributed by atoms with Crippen molar-refractivity contribution in [3.63, 3.8) is 0 Å². The number of benzene rings is 2. The van der Waals surface area contributed by atoms with Gasteiger partial charge in [0.05, 0.1) is 29.7 Å². The highest BCUT2D eigenvalue weighted by molar-refractivity contribution is 5.95. The molecule has 6 nitrogen and oxygen atoms in total. The van der Waals surface area contributed by atoms with Crippen molar-refractivity contribution in [2.75, 3.05) is 0 Å². The number of carbonyl (C=O) groups excluding carboxylic acids is 1. The average Bonchev–Trinajstić information content (AvgIpc) is 3.43. The molecule has 0 aliphatic rings. The Bertz CT molecular complexity index is 1070. The van der Waals surface area contributed by atoms with E-state index in [2.05, 4.69) is 27.6 Å². The molecule has 4 aromatic rings. The van der Waals surface area contributed by atoms with E-state index >= 15 is 0 Å². The normalized spacial score (nSPS) is 10.8. The Labute approximate surface area is 169 Å². The molecule has 6 heteroatoms. The number of amides is 1. The summed E-state index contributed by atoms with van der Waals surface area (Å²) in [5, 5.41) is 11.7. The van der Waals surface area contributed by atoms with E-state index in [1.165, 1.54) is 0 Å². The van der Waals surface area contributed by atoms with Crippen LogP contribution in [0.5, 0.6) is 0 Å². The largest absolute Gasteiger partial charge is 0.348 e. The molecule has 2 heterocycles. The number of hydrogen-bond donors (Lipinski definition) is 1. The van der Waals surface area contributed by atoms with Crippen LogP contribution in [-0.2, 0) is 19.5 Å². The summed E-state index contributed by atoms with van der Waals surface area (Å²) in [5.41, 5.74) is 4.76. The molecule has 0 atom stereocenters. The van der Waals surface area contributed by atoms with E-state index in [1.54, 1.807) is 17.1 Å². The highest BCUT2D eigenvalue weighted by atomic mass is 16.1. The number of aromatic nitrogens is 4. The van der Waals surface area contributed by atoms with Crippen molar-refractivity contribution in [2.45, 2.75) is 26.4 Å². The molecular weight excluding hydrogens is 362 g/mol. The molecule has 0 radical (unpaired) electrons. The molecular formula is C23H23N5O. The van der Waals surface area contributed by atoms with Crippen LogP contribution in [-0.4, -0.2) is 25.5 Å². The minimum absolute atomic E-state index is 0.0997. The molecule has 1 amide bonds. The Kier molecular flexibility index (Phi) is 5.52. The van der Waals surface area contributed by atoms with Gasteiger partial charge in [-0.15, -0.1) is 0 Å². The first-order chi connectivity index (χ1) is 14.2. The van der Waals surface area contributed by atoms with E-state index in [9.17, 15) is 4.79 Å². The summed E-state index contributed by atoms with van der Waals surface area (Å²) in [6, 6.07) is 20.0. The van der Waals surface area contributed by atoms with Crippen molar-refractivity contribution in [1.29, 1.82) is 0 Å². The summed E-state index contributed by atoms with van der Waals surface area (Å²) in [4.78, 5) is 12.7. The molecule has 0 unspecified atom stereocenters. The Morgan fingerprint density at radius 2 is 1.76 bits per heavy atom. The number of nitrogens with zero attached hydrogens (tertiary/aromatic N) is 4. The molecule has 2 aromatic carbocycles. The van der Waals surface area contributed by atoms with Crippen LogP contribution in [0.4, 0.5) is 0 Å². The molecule has 0 saturated carbocycles. The first-order valence-electron chi connectivity index (χ1n) is 9.70. The zero-order chi connectivity index (χ0) is 20.1. The molecule has 0 saturated heterocycles. The predicted octanol–water partition coefficient (Wildman–Crippen LogP) is 3.61. The first kappa shape index (κ1) is 18.7. The Morgan fingerprint density at radius 3 is 2.45 bits per heavy atom. The van der Waals surface area contributed by atoms with Gasteiger partial charge in [0, 0.05) is 18.9 Å². The third-order valence-corrected chi connectivity index (χ3v) is 4.86. The van der Waals surface area contributed by atoms with Gasteiger partial charge >= 0.3 is 0 Å². The summed E-state index contributed by atoms with van der Waals surface area (Å²) in [6.07, 6.45) is 6.06. The number of hydrogen-bond acceptors (Lipinski definition) is 3. The molecule has 146 valence electrons. The Balaban J connectivity index is 1.42. The molecule has 0 spiro atoms. The van der Waals surface area contributed by atoms with Crippen molar-refractivity contribution >= 4 is 5.91 Å². The molecule has 0 aliphatic carbocycles. The molecule has 2 aromatic heterocycles. The second-order valence-electron chi connectivity index (χ2n) is 6.80. The zero-order valence-electron chi connectivity index (χ0n) is 16.3. The van der Waals surface area contributed by atoms with Gasteiger partial charge in [0.15, 0.2) is 0 Å². The van der Waals surface area contributed by atoms with Crippen LogP contribution in [0.25, 0.3) is 5.69 Å². The zero-order valence-corrected chi connectivity index (χ0v) is 16.3. The van der Waals surface area contributed by atoms with E-state index in [4.69, 9.17) is 0 Å². The van der Waals surface area contributed by atoms with E-state index < -0.39 is 0 Å². The van der Waals surface area contributed by atoms with Crippen LogP contribution < -0.4 is 5.32 Å². The highest BCUT2D eigenvalue weighted by Gasteiger charge is 2.16. The summed E-state index contributed by atoms with van der Waals surface area (Å²) >= 11 is 0. The maximum absolute atomic E-state index is 12.7. The maximum atomic E-state index is 12.7. The summed E-state index contributed by atoms with van der Waals surface area (Å²) in [6.45, 7) is 3.17. The van der Waals surface area contributed by atoms with Crippen LogP contribution in [0.15, 0.2) is 79.3 Å². The highest BCUT2D eigenvalue weighted by Crippen LogP contribution is 2.13.